The number of aryl methyl sites for hydroxylation is 3. The van der Waals surface area contributed by atoms with E-state index in [2.05, 4.69) is 10.3 Å². The van der Waals surface area contributed by atoms with Crippen molar-refractivity contribution in [3.05, 3.63) is 52.0 Å². The Balaban J connectivity index is 2.31. The predicted molar refractivity (Wildman–Crippen MR) is 86.6 cm³/mol. The molecule has 1 aromatic heterocycles. The van der Waals surface area contributed by atoms with Gasteiger partial charge in [-0.2, -0.15) is 0 Å². The van der Waals surface area contributed by atoms with Crippen molar-refractivity contribution in [2.75, 3.05) is 0 Å². The van der Waals surface area contributed by atoms with Crippen molar-refractivity contribution < 1.29 is 17.6 Å². The van der Waals surface area contributed by atoms with Gasteiger partial charge in [0.1, 0.15) is 5.76 Å². The summed E-state index contributed by atoms with van der Waals surface area (Å²) >= 11 is 0. The number of hydrogen-bond acceptors (Lipinski definition) is 4. The van der Waals surface area contributed by atoms with Crippen LogP contribution in [0.1, 0.15) is 38.4 Å². The number of amides is 1. The second kappa shape index (κ2) is 6.17. The van der Waals surface area contributed by atoms with Crippen LogP contribution in [0.5, 0.6) is 0 Å². The zero-order valence-electron chi connectivity index (χ0n) is 13.8. The maximum atomic E-state index is 12.6. The summed E-state index contributed by atoms with van der Waals surface area (Å²) in [6, 6.07) is 3.42. The number of carbonyl (C=O) groups excluding carboxylic acids is 1. The van der Waals surface area contributed by atoms with Crippen molar-refractivity contribution in [1.29, 1.82) is 0 Å². The van der Waals surface area contributed by atoms with E-state index in [-0.39, 0.29) is 10.5 Å². The van der Waals surface area contributed by atoms with E-state index in [9.17, 15) is 13.2 Å². The smallest absolute Gasteiger partial charge is 0.269 e. The number of furan rings is 1. The Bertz CT molecular complexity index is 840. The predicted octanol–water partition coefficient (Wildman–Crippen LogP) is 2.45. The second-order valence-electron chi connectivity index (χ2n) is 5.54. The molecule has 0 atom stereocenters. The lowest BCUT2D eigenvalue weighted by molar-refractivity contribution is 0.0943. The van der Waals surface area contributed by atoms with E-state index in [0.29, 0.717) is 16.9 Å². The molecule has 23 heavy (non-hydrogen) atoms. The largest absolute Gasteiger partial charge is 0.469 e. The molecule has 0 unspecified atom stereocenters. The third-order valence-corrected chi connectivity index (χ3v) is 5.49. The van der Waals surface area contributed by atoms with Crippen LogP contribution in [0, 0.1) is 34.6 Å². The molecule has 124 valence electrons. The van der Waals surface area contributed by atoms with Crippen molar-refractivity contribution in [3.63, 3.8) is 0 Å². The molecule has 0 fully saturated rings. The molecule has 0 radical (unpaired) electrons. The van der Waals surface area contributed by atoms with Gasteiger partial charge < -0.3 is 4.42 Å². The van der Waals surface area contributed by atoms with E-state index in [1.54, 1.807) is 20.8 Å². The summed E-state index contributed by atoms with van der Waals surface area (Å²) < 4.78 is 30.2. The average Bonchev–Trinajstić information content (AvgIpc) is 2.89. The van der Waals surface area contributed by atoms with Crippen molar-refractivity contribution in [2.24, 2.45) is 0 Å². The van der Waals surface area contributed by atoms with Gasteiger partial charge >= 0.3 is 0 Å². The SMILES string of the molecule is Cc1cc(C)c(C)c(S(=O)(=O)NNC(=O)c2ccoc2C)c1C. The summed E-state index contributed by atoms with van der Waals surface area (Å²) in [5.74, 6) is -0.153. The van der Waals surface area contributed by atoms with Crippen molar-refractivity contribution in [3.8, 4) is 0 Å². The molecule has 2 aromatic rings. The molecule has 0 aliphatic rings. The second-order valence-corrected chi connectivity index (χ2v) is 7.16. The topological polar surface area (TPSA) is 88.4 Å². The molecule has 1 aromatic carbocycles. The fourth-order valence-electron chi connectivity index (χ4n) is 2.44. The van der Waals surface area contributed by atoms with Gasteiger partial charge in [0, 0.05) is 0 Å². The average molecular weight is 336 g/mol. The molecule has 0 spiro atoms. The fraction of sp³-hybridized carbons (Fsp3) is 0.312. The maximum absolute atomic E-state index is 12.6. The normalized spacial score (nSPS) is 11.5. The van der Waals surface area contributed by atoms with Crippen LogP contribution >= 0.6 is 0 Å². The molecule has 1 amide bonds. The highest BCUT2D eigenvalue weighted by Gasteiger charge is 2.23. The number of hydrogen-bond donors (Lipinski definition) is 2. The van der Waals surface area contributed by atoms with Gasteiger partial charge in [-0.15, -0.1) is 4.83 Å². The number of sulfonamides is 1. The van der Waals surface area contributed by atoms with Crippen LogP contribution in [0.15, 0.2) is 27.7 Å². The lowest BCUT2D eigenvalue weighted by atomic mass is 10.0. The van der Waals surface area contributed by atoms with Gasteiger partial charge in [0.25, 0.3) is 15.9 Å². The Morgan fingerprint density at radius 2 is 1.61 bits per heavy atom. The van der Waals surface area contributed by atoms with Crippen LogP contribution in [0.25, 0.3) is 0 Å². The number of benzene rings is 1. The third kappa shape index (κ3) is 3.30. The Hall–Kier alpha value is -2.12. The van der Waals surface area contributed by atoms with Gasteiger partial charge in [-0.3, -0.25) is 10.2 Å². The van der Waals surface area contributed by atoms with Crippen LogP contribution in [0.3, 0.4) is 0 Å². The van der Waals surface area contributed by atoms with E-state index in [1.807, 2.05) is 19.9 Å². The molecule has 7 heteroatoms. The van der Waals surface area contributed by atoms with Gasteiger partial charge in [0.2, 0.25) is 0 Å². The first kappa shape index (κ1) is 17.2. The van der Waals surface area contributed by atoms with Gasteiger partial charge in [-0.25, -0.2) is 8.42 Å². The molecule has 0 aliphatic carbocycles. The molecule has 1 heterocycles. The van der Waals surface area contributed by atoms with Crippen molar-refractivity contribution in [1.82, 2.24) is 10.3 Å². The summed E-state index contributed by atoms with van der Waals surface area (Å²) in [6.07, 6.45) is 1.37. The lowest BCUT2D eigenvalue weighted by Crippen LogP contribution is -2.42. The minimum atomic E-state index is -3.88. The number of nitrogens with one attached hydrogen (secondary N) is 2. The molecular formula is C16H20N2O4S. The van der Waals surface area contributed by atoms with Gasteiger partial charge in [-0.1, -0.05) is 6.07 Å². The summed E-state index contributed by atoms with van der Waals surface area (Å²) in [7, 11) is -3.88. The van der Waals surface area contributed by atoms with Crippen molar-refractivity contribution >= 4 is 15.9 Å². The monoisotopic (exact) mass is 336 g/mol. The molecular weight excluding hydrogens is 316 g/mol. The van der Waals surface area contributed by atoms with Crippen LogP contribution in [0.4, 0.5) is 0 Å². The Kier molecular flexibility index (Phi) is 4.63. The summed E-state index contributed by atoms with van der Waals surface area (Å²) in [5.41, 5.74) is 5.58. The molecule has 6 nitrogen and oxygen atoms in total. The van der Waals surface area contributed by atoms with E-state index < -0.39 is 15.9 Å². The number of hydrazine groups is 1. The maximum Gasteiger partial charge on any atom is 0.269 e. The first-order valence-electron chi connectivity index (χ1n) is 7.08. The molecule has 0 aliphatic heterocycles. The zero-order valence-corrected chi connectivity index (χ0v) is 14.6. The van der Waals surface area contributed by atoms with Crippen LogP contribution in [0.2, 0.25) is 0 Å². The molecule has 0 saturated carbocycles. The third-order valence-electron chi connectivity index (χ3n) is 3.97. The Labute approximate surface area is 135 Å². The van der Waals surface area contributed by atoms with E-state index in [4.69, 9.17) is 4.42 Å². The molecule has 0 saturated heterocycles. The van der Waals surface area contributed by atoms with Gasteiger partial charge in [0.15, 0.2) is 0 Å². The lowest BCUT2D eigenvalue weighted by Gasteiger charge is -2.16. The van der Waals surface area contributed by atoms with E-state index >= 15 is 0 Å². The fourth-order valence-corrected chi connectivity index (χ4v) is 3.89. The van der Waals surface area contributed by atoms with E-state index in [1.165, 1.54) is 12.3 Å². The quantitative estimate of drug-likeness (QED) is 0.839. The summed E-state index contributed by atoms with van der Waals surface area (Å²) in [4.78, 5) is 14.4. The number of carbonyl (C=O) groups is 1. The number of rotatable bonds is 4. The Morgan fingerprint density at radius 1 is 1.04 bits per heavy atom. The highest BCUT2D eigenvalue weighted by Crippen LogP contribution is 2.25. The minimum absolute atomic E-state index is 0.194. The van der Waals surface area contributed by atoms with Gasteiger partial charge in [0.05, 0.1) is 16.7 Å². The first-order chi connectivity index (χ1) is 10.6. The minimum Gasteiger partial charge on any atom is -0.469 e. The summed E-state index contributed by atoms with van der Waals surface area (Å²) in [6.45, 7) is 8.83. The van der Waals surface area contributed by atoms with Crippen LogP contribution in [-0.4, -0.2) is 14.3 Å². The molecule has 0 bridgehead atoms. The first-order valence-corrected chi connectivity index (χ1v) is 8.57. The summed E-state index contributed by atoms with van der Waals surface area (Å²) in [5, 5.41) is 0. The van der Waals surface area contributed by atoms with Crippen LogP contribution < -0.4 is 10.3 Å². The standard InChI is InChI=1S/C16H20N2O4S/c1-9-8-10(2)12(4)15(11(9)3)23(20,21)18-17-16(19)14-6-7-22-13(14)5/h6-8,18H,1-5H3,(H,17,19). The Morgan fingerprint density at radius 3 is 2.09 bits per heavy atom. The zero-order chi connectivity index (χ0) is 17.4. The molecule has 2 N–H and O–H groups in total. The van der Waals surface area contributed by atoms with Crippen LogP contribution in [-0.2, 0) is 10.0 Å². The van der Waals surface area contributed by atoms with E-state index in [0.717, 1.165) is 11.1 Å². The highest BCUT2D eigenvalue weighted by molar-refractivity contribution is 7.89. The van der Waals surface area contributed by atoms with Gasteiger partial charge in [-0.05, 0) is 62.9 Å². The van der Waals surface area contributed by atoms with Crippen molar-refractivity contribution in [2.45, 2.75) is 39.5 Å². The highest BCUT2D eigenvalue weighted by atomic mass is 32.2. The molecule has 2 rings (SSSR count).